The first-order valence-corrected chi connectivity index (χ1v) is 12.7. The van der Waals surface area contributed by atoms with Crippen LogP contribution in [-0.4, -0.2) is 53.2 Å². The summed E-state index contributed by atoms with van der Waals surface area (Å²) in [6.07, 6.45) is 4.65. The molecule has 2 amide bonds. The molecule has 1 aliphatic heterocycles. The maximum atomic E-state index is 12.9. The van der Waals surface area contributed by atoms with Gasteiger partial charge in [0.1, 0.15) is 12.6 Å². The summed E-state index contributed by atoms with van der Waals surface area (Å²) in [5.41, 5.74) is 4.71. The number of carboxylic acid groups (broad SMARTS) is 1. The zero-order valence-corrected chi connectivity index (χ0v) is 19.8. The number of carbonyl (C=O) groups excluding carboxylic acids is 2. The molecule has 5 rings (SSSR count). The maximum Gasteiger partial charge on any atom is 0.407 e. The lowest BCUT2D eigenvalue weighted by atomic mass is 9.82. The highest BCUT2D eigenvalue weighted by atomic mass is 16.5. The average molecular weight is 477 g/mol. The first-order valence-electron chi connectivity index (χ1n) is 12.7. The van der Waals surface area contributed by atoms with Crippen LogP contribution in [0.1, 0.15) is 62.0 Å². The van der Waals surface area contributed by atoms with E-state index in [4.69, 9.17) is 4.74 Å². The summed E-state index contributed by atoms with van der Waals surface area (Å²) in [5, 5.41) is 12.4. The largest absolute Gasteiger partial charge is 0.480 e. The van der Waals surface area contributed by atoms with Gasteiger partial charge >= 0.3 is 12.1 Å². The predicted octanol–water partition coefficient (Wildman–Crippen LogP) is 4.55. The first kappa shape index (κ1) is 23.4. The summed E-state index contributed by atoms with van der Waals surface area (Å²) in [6, 6.07) is 15.6. The number of nitrogens with one attached hydrogen (secondary N) is 1. The molecule has 2 aromatic carbocycles. The van der Waals surface area contributed by atoms with Gasteiger partial charge in [0.15, 0.2) is 0 Å². The maximum absolute atomic E-state index is 12.9. The van der Waals surface area contributed by atoms with E-state index in [-0.39, 0.29) is 36.8 Å². The predicted molar refractivity (Wildman–Crippen MR) is 131 cm³/mol. The van der Waals surface area contributed by atoms with Crippen LogP contribution in [0.25, 0.3) is 11.1 Å². The van der Waals surface area contributed by atoms with Crippen molar-refractivity contribution in [3.8, 4) is 11.1 Å². The molecule has 1 heterocycles. The Balaban J connectivity index is 1.20. The van der Waals surface area contributed by atoms with Crippen LogP contribution < -0.4 is 5.32 Å². The molecule has 2 N–H and O–H groups in total. The number of carboxylic acids is 1. The van der Waals surface area contributed by atoms with Crippen LogP contribution >= 0.6 is 0 Å². The van der Waals surface area contributed by atoms with Crippen LogP contribution in [0.4, 0.5) is 4.79 Å². The molecule has 35 heavy (non-hydrogen) atoms. The summed E-state index contributed by atoms with van der Waals surface area (Å²) in [5.74, 6) is -1.07. The molecule has 2 unspecified atom stereocenters. The third-order valence-electron chi connectivity index (χ3n) is 7.85. The normalized spacial score (nSPS) is 23.4. The van der Waals surface area contributed by atoms with Crippen LogP contribution in [0.15, 0.2) is 48.5 Å². The molecule has 0 radical (unpaired) electrons. The van der Waals surface area contributed by atoms with E-state index >= 15 is 0 Å². The van der Waals surface area contributed by atoms with Crippen molar-refractivity contribution in [1.82, 2.24) is 10.2 Å². The average Bonchev–Trinajstić information content (AvgIpc) is 3.48. The van der Waals surface area contributed by atoms with E-state index in [9.17, 15) is 19.5 Å². The monoisotopic (exact) mass is 476 g/mol. The molecule has 2 aliphatic carbocycles. The third-order valence-corrected chi connectivity index (χ3v) is 7.85. The zero-order chi connectivity index (χ0) is 24.4. The van der Waals surface area contributed by atoms with Crippen LogP contribution in [0.3, 0.4) is 0 Å². The number of rotatable bonds is 6. The van der Waals surface area contributed by atoms with Gasteiger partial charge in [0.05, 0.1) is 0 Å². The molecule has 7 nitrogen and oxygen atoms in total. The topological polar surface area (TPSA) is 95.9 Å². The van der Waals surface area contributed by atoms with Gasteiger partial charge in [-0.05, 0) is 53.9 Å². The van der Waals surface area contributed by atoms with Crippen LogP contribution in [-0.2, 0) is 14.3 Å². The summed E-state index contributed by atoms with van der Waals surface area (Å²) in [7, 11) is 0. The summed E-state index contributed by atoms with van der Waals surface area (Å²) >= 11 is 0. The lowest BCUT2D eigenvalue weighted by Gasteiger charge is -2.33. The summed E-state index contributed by atoms with van der Waals surface area (Å²) < 4.78 is 5.72. The van der Waals surface area contributed by atoms with Gasteiger partial charge in [-0.2, -0.15) is 0 Å². The van der Waals surface area contributed by atoms with Crippen molar-refractivity contribution in [3.63, 3.8) is 0 Å². The van der Waals surface area contributed by atoms with Crippen molar-refractivity contribution >= 4 is 18.0 Å². The van der Waals surface area contributed by atoms with Gasteiger partial charge in [-0.3, -0.25) is 4.79 Å². The highest BCUT2D eigenvalue weighted by Crippen LogP contribution is 2.44. The van der Waals surface area contributed by atoms with E-state index < -0.39 is 18.1 Å². The second-order valence-corrected chi connectivity index (χ2v) is 9.91. The highest BCUT2D eigenvalue weighted by molar-refractivity contribution is 5.84. The van der Waals surface area contributed by atoms with Gasteiger partial charge < -0.3 is 20.1 Å². The Hall–Kier alpha value is -3.35. The number of hydrogen-bond acceptors (Lipinski definition) is 4. The van der Waals surface area contributed by atoms with Crippen molar-refractivity contribution in [1.29, 1.82) is 0 Å². The van der Waals surface area contributed by atoms with Crippen LogP contribution in [0, 0.1) is 5.92 Å². The van der Waals surface area contributed by atoms with Crippen LogP contribution in [0.2, 0.25) is 0 Å². The second-order valence-electron chi connectivity index (χ2n) is 9.91. The summed E-state index contributed by atoms with van der Waals surface area (Å²) in [4.78, 5) is 38.7. The van der Waals surface area contributed by atoms with E-state index in [1.165, 1.54) is 27.2 Å². The Morgan fingerprint density at radius 2 is 1.57 bits per heavy atom. The van der Waals surface area contributed by atoms with Crippen molar-refractivity contribution < 1.29 is 24.2 Å². The molecule has 3 atom stereocenters. The number of nitrogens with zero attached hydrogens (tertiary/aromatic N) is 1. The minimum Gasteiger partial charge on any atom is -0.480 e. The molecule has 7 heteroatoms. The number of fused-ring (bicyclic) bond motifs is 3. The summed E-state index contributed by atoms with van der Waals surface area (Å²) in [6.45, 7) is 0.747. The number of ether oxygens (including phenoxy) is 1. The zero-order valence-electron chi connectivity index (χ0n) is 19.8. The molecule has 2 fully saturated rings. The lowest BCUT2D eigenvalue weighted by molar-refractivity contribution is -0.148. The molecular formula is C28H32N2O5. The second kappa shape index (κ2) is 10.1. The lowest BCUT2D eigenvalue weighted by Crippen LogP contribution is -2.46. The van der Waals surface area contributed by atoms with Crippen molar-refractivity contribution in [3.05, 3.63) is 59.7 Å². The van der Waals surface area contributed by atoms with E-state index in [1.807, 2.05) is 24.3 Å². The number of aliphatic carboxylic acids is 1. The van der Waals surface area contributed by atoms with E-state index in [0.717, 1.165) is 32.1 Å². The van der Waals surface area contributed by atoms with Gasteiger partial charge in [-0.15, -0.1) is 0 Å². The molecule has 1 saturated carbocycles. The van der Waals surface area contributed by atoms with Gasteiger partial charge in [0.25, 0.3) is 0 Å². The SMILES string of the molecule is O=C(NC1CCCCC1CC(=O)N1CCC[C@@H]1C(=O)O)OCC1c2ccccc2-c2ccccc21. The van der Waals surface area contributed by atoms with Gasteiger partial charge in [-0.1, -0.05) is 61.4 Å². The van der Waals surface area contributed by atoms with Crippen LogP contribution in [0.5, 0.6) is 0 Å². The fourth-order valence-corrected chi connectivity index (χ4v) is 6.10. The minimum absolute atomic E-state index is 0.000000687. The molecule has 0 aromatic heterocycles. The Bertz CT molecular complexity index is 1070. The quantitative estimate of drug-likeness (QED) is 0.638. The molecule has 3 aliphatic rings. The van der Waals surface area contributed by atoms with Gasteiger partial charge in [0, 0.05) is 24.9 Å². The first-order chi connectivity index (χ1) is 17.0. The molecule has 0 spiro atoms. The fourth-order valence-electron chi connectivity index (χ4n) is 6.10. The van der Waals surface area contributed by atoms with E-state index in [2.05, 4.69) is 29.6 Å². The number of amides is 2. The molecule has 2 aromatic rings. The number of alkyl carbamates (subject to hydrolysis) is 1. The third kappa shape index (κ3) is 4.77. The smallest absolute Gasteiger partial charge is 0.407 e. The number of carbonyl (C=O) groups is 3. The highest BCUT2D eigenvalue weighted by Gasteiger charge is 2.37. The minimum atomic E-state index is -0.937. The standard InChI is InChI=1S/C28H32N2O5/c31-26(30-15-7-14-25(30)27(32)33)16-18-8-1-6-13-24(18)29-28(34)35-17-23-21-11-4-2-9-19(21)20-10-3-5-12-22(20)23/h2-5,9-12,18,23-25H,1,6-8,13-17H2,(H,29,34)(H,32,33)/t18?,24?,25-/m1/s1. The number of hydrogen-bond donors (Lipinski definition) is 2. The van der Waals surface area contributed by atoms with E-state index in [1.54, 1.807) is 0 Å². The fraction of sp³-hybridized carbons (Fsp3) is 0.464. The molecule has 184 valence electrons. The van der Waals surface area contributed by atoms with E-state index in [0.29, 0.717) is 13.0 Å². The van der Waals surface area contributed by atoms with Gasteiger partial charge in [0.2, 0.25) is 5.91 Å². The molecule has 0 bridgehead atoms. The molecular weight excluding hydrogens is 444 g/mol. The molecule has 1 saturated heterocycles. The Kier molecular flexibility index (Phi) is 6.75. The number of likely N-dealkylation sites (tertiary alicyclic amines) is 1. The van der Waals surface area contributed by atoms with Gasteiger partial charge in [-0.25, -0.2) is 9.59 Å². The Morgan fingerprint density at radius 3 is 2.26 bits per heavy atom. The Morgan fingerprint density at radius 1 is 0.914 bits per heavy atom. The van der Waals surface area contributed by atoms with Crippen molar-refractivity contribution in [2.75, 3.05) is 13.2 Å². The van der Waals surface area contributed by atoms with Crippen molar-refractivity contribution in [2.45, 2.75) is 62.9 Å². The van der Waals surface area contributed by atoms with Crippen molar-refractivity contribution in [2.24, 2.45) is 5.92 Å². The Labute approximate surface area is 205 Å². The number of benzene rings is 2.